The van der Waals surface area contributed by atoms with Gasteiger partial charge in [0.15, 0.2) is 11.6 Å². The van der Waals surface area contributed by atoms with E-state index in [-0.39, 0.29) is 18.0 Å². The largest absolute Gasteiger partial charge is 0.366 e. The van der Waals surface area contributed by atoms with E-state index in [9.17, 15) is 4.79 Å². The Morgan fingerprint density at radius 1 is 1.42 bits per heavy atom. The first-order chi connectivity index (χ1) is 12.5. The zero-order valence-corrected chi connectivity index (χ0v) is 15.3. The molecule has 2 aromatic heterocycles. The van der Waals surface area contributed by atoms with Crippen LogP contribution in [0, 0.1) is 0 Å². The monoisotopic (exact) mass is 375 g/mol. The van der Waals surface area contributed by atoms with Crippen LogP contribution in [0.5, 0.6) is 0 Å². The first kappa shape index (κ1) is 18.2. The number of nitrogens with one attached hydrogen (secondary N) is 3. The summed E-state index contributed by atoms with van der Waals surface area (Å²) in [6.07, 6.45) is 8.46. The van der Waals surface area contributed by atoms with Gasteiger partial charge in [-0.2, -0.15) is 10.1 Å². The molecule has 0 aromatic carbocycles. The third kappa shape index (κ3) is 4.72. The van der Waals surface area contributed by atoms with E-state index in [1.54, 1.807) is 10.9 Å². The van der Waals surface area contributed by atoms with E-state index in [0.29, 0.717) is 22.6 Å². The third-order valence-corrected chi connectivity index (χ3v) is 4.52. The van der Waals surface area contributed by atoms with Crippen LogP contribution in [0.4, 0.5) is 17.6 Å². The van der Waals surface area contributed by atoms with Gasteiger partial charge in [-0.3, -0.25) is 9.48 Å². The first-order valence-electron chi connectivity index (χ1n) is 8.52. The van der Waals surface area contributed by atoms with E-state index in [2.05, 4.69) is 37.6 Å². The number of nitrogens with zero attached hydrogens (tertiary/aromatic N) is 4. The molecule has 2 atom stereocenters. The molecule has 9 heteroatoms. The molecule has 0 radical (unpaired) electrons. The average molecular weight is 376 g/mol. The van der Waals surface area contributed by atoms with Crippen molar-refractivity contribution in [1.82, 2.24) is 25.1 Å². The Morgan fingerprint density at radius 3 is 2.96 bits per heavy atom. The highest BCUT2D eigenvalue weighted by atomic mass is 35.5. The van der Waals surface area contributed by atoms with Crippen molar-refractivity contribution >= 4 is 35.1 Å². The molecular formula is C17H22ClN7O. The second-order valence-electron chi connectivity index (χ2n) is 6.31. The molecule has 1 aliphatic carbocycles. The van der Waals surface area contributed by atoms with Gasteiger partial charge >= 0.3 is 0 Å². The highest BCUT2D eigenvalue weighted by Gasteiger charge is 2.23. The van der Waals surface area contributed by atoms with E-state index >= 15 is 0 Å². The summed E-state index contributed by atoms with van der Waals surface area (Å²) in [4.78, 5) is 20.2. The lowest BCUT2D eigenvalue weighted by atomic mass is 9.91. The lowest BCUT2D eigenvalue weighted by Gasteiger charge is -2.30. The molecule has 1 amide bonds. The number of hydrogen-bond donors (Lipinski definition) is 3. The Hall–Kier alpha value is -2.61. The Labute approximate surface area is 157 Å². The van der Waals surface area contributed by atoms with E-state index in [0.717, 1.165) is 25.7 Å². The average Bonchev–Trinajstić information content (AvgIpc) is 3.03. The van der Waals surface area contributed by atoms with Gasteiger partial charge in [-0.15, -0.1) is 0 Å². The molecule has 3 rings (SSSR count). The van der Waals surface area contributed by atoms with Crippen LogP contribution >= 0.6 is 11.6 Å². The summed E-state index contributed by atoms with van der Waals surface area (Å²) in [5.74, 6) is 1.51. The first-order valence-corrected chi connectivity index (χ1v) is 8.90. The summed E-state index contributed by atoms with van der Waals surface area (Å²) in [6.45, 7) is 3.49. The van der Waals surface area contributed by atoms with Crippen LogP contribution < -0.4 is 16.0 Å². The summed E-state index contributed by atoms with van der Waals surface area (Å²) in [5.41, 5.74) is 0. The molecule has 8 nitrogen and oxygen atoms in total. The van der Waals surface area contributed by atoms with Crippen LogP contribution in [0.2, 0.25) is 5.02 Å². The molecule has 0 saturated heterocycles. The number of amides is 1. The van der Waals surface area contributed by atoms with Crippen molar-refractivity contribution in [2.45, 2.75) is 37.8 Å². The second-order valence-corrected chi connectivity index (χ2v) is 6.71. The molecular weight excluding hydrogens is 354 g/mol. The maximum absolute atomic E-state index is 11.5. The van der Waals surface area contributed by atoms with E-state index < -0.39 is 0 Å². The fourth-order valence-electron chi connectivity index (χ4n) is 3.03. The van der Waals surface area contributed by atoms with Crippen LogP contribution in [0.1, 0.15) is 25.7 Å². The molecule has 138 valence electrons. The number of anilines is 3. The van der Waals surface area contributed by atoms with Crippen molar-refractivity contribution in [2.24, 2.45) is 7.05 Å². The lowest BCUT2D eigenvalue weighted by molar-refractivity contribution is -0.117. The fraction of sp³-hybridized carbons (Fsp3) is 0.412. The maximum Gasteiger partial charge on any atom is 0.243 e. The van der Waals surface area contributed by atoms with Gasteiger partial charge < -0.3 is 16.0 Å². The van der Waals surface area contributed by atoms with Crippen molar-refractivity contribution < 1.29 is 4.79 Å². The highest BCUT2D eigenvalue weighted by Crippen LogP contribution is 2.26. The lowest BCUT2D eigenvalue weighted by Crippen LogP contribution is -2.41. The van der Waals surface area contributed by atoms with E-state index in [4.69, 9.17) is 11.6 Å². The Balaban J connectivity index is 1.65. The molecule has 3 N–H and O–H groups in total. The normalized spacial score (nSPS) is 19.6. The van der Waals surface area contributed by atoms with Gasteiger partial charge in [0.05, 0.1) is 6.20 Å². The minimum Gasteiger partial charge on any atom is -0.366 e. The molecule has 1 aliphatic rings. The highest BCUT2D eigenvalue weighted by molar-refractivity contribution is 6.32. The SMILES string of the molecule is C=CC(=O)NC1CCCC(Nc2nc(Nc3ccn(C)n3)ncc2Cl)C1. The number of carbonyl (C=O) groups excluding carboxylic acids is 1. The van der Waals surface area contributed by atoms with Crippen LogP contribution in [0.15, 0.2) is 31.1 Å². The molecule has 0 bridgehead atoms. The number of aryl methyl sites for hydroxylation is 1. The number of hydrogen-bond acceptors (Lipinski definition) is 6. The maximum atomic E-state index is 11.5. The summed E-state index contributed by atoms with van der Waals surface area (Å²) in [7, 11) is 1.84. The summed E-state index contributed by atoms with van der Waals surface area (Å²) in [6, 6.07) is 2.13. The van der Waals surface area contributed by atoms with Crippen molar-refractivity contribution in [3.8, 4) is 0 Å². The summed E-state index contributed by atoms with van der Waals surface area (Å²) < 4.78 is 1.69. The number of carbonyl (C=O) groups is 1. The predicted molar refractivity (Wildman–Crippen MR) is 102 cm³/mol. The van der Waals surface area contributed by atoms with E-state index in [1.807, 2.05) is 19.3 Å². The molecule has 1 saturated carbocycles. The molecule has 2 unspecified atom stereocenters. The van der Waals surface area contributed by atoms with Gasteiger partial charge in [0.25, 0.3) is 0 Å². The van der Waals surface area contributed by atoms with Gasteiger partial charge in [-0.25, -0.2) is 4.98 Å². The Bertz CT molecular complexity index is 791. The molecule has 0 spiro atoms. The fourth-order valence-corrected chi connectivity index (χ4v) is 3.18. The molecule has 1 fully saturated rings. The smallest absolute Gasteiger partial charge is 0.243 e. The summed E-state index contributed by atoms with van der Waals surface area (Å²) >= 11 is 6.25. The number of aromatic nitrogens is 4. The van der Waals surface area contributed by atoms with Crippen LogP contribution in [-0.4, -0.2) is 37.7 Å². The van der Waals surface area contributed by atoms with Crippen molar-refractivity contribution in [1.29, 1.82) is 0 Å². The van der Waals surface area contributed by atoms with Crippen molar-refractivity contribution in [3.05, 3.63) is 36.1 Å². The van der Waals surface area contributed by atoms with Gasteiger partial charge in [0.2, 0.25) is 11.9 Å². The predicted octanol–water partition coefficient (Wildman–Crippen LogP) is 2.63. The molecule has 26 heavy (non-hydrogen) atoms. The summed E-state index contributed by atoms with van der Waals surface area (Å²) in [5, 5.41) is 14.1. The van der Waals surface area contributed by atoms with Crippen molar-refractivity contribution in [2.75, 3.05) is 10.6 Å². The van der Waals surface area contributed by atoms with Gasteiger partial charge in [-0.1, -0.05) is 18.2 Å². The minimum atomic E-state index is -0.141. The zero-order valence-electron chi connectivity index (χ0n) is 14.6. The zero-order chi connectivity index (χ0) is 18.5. The van der Waals surface area contributed by atoms with Gasteiger partial charge in [0, 0.05) is 31.4 Å². The quantitative estimate of drug-likeness (QED) is 0.671. The second kappa shape index (κ2) is 8.18. The molecule has 2 heterocycles. The van der Waals surface area contributed by atoms with Crippen LogP contribution in [0.25, 0.3) is 0 Å². The minimum absolute atomic E-state index is 0.124. The molecule has 0 aliphatic heterocycles. The Morgan fingerprint density at radius 2 is 2.23 bits per heavy atom. The number of halogens is 1. The molecule has 2 aromatic rings. The standard InChI is InChI=1S/C17H22ClN7O/c1-3-15(26)20-11-5-4-6-12(9-11)21-16-13(18)10-19-17(23-16)22-14-7-8-25(2)24-14/h3,7-8,10-12H,1,4-6,9H2,2H3,(H,20,26)(H2,19,21,22,23,24). The van der Waals surface area contributed by atoms with Crippen molar-refractivity contribution in [3.63, 3.8) is 0 Å². The topological polar surface area (TPSA) is 96.8 Å². The van der Waals surface area contributed by atoms with Crippen LogP contribution in [0.3, 0.4) is 0 Å². The van der Waals surface area contributed by atoms with Crippen LogP contribution in [-0.2, 0) is 11.8 Å². The third-order valence-electron chi connectivity index (χ3n) is 4.24. The Kier molecular flexibility index (Phi) is 5.72. The van der Waals surface area contributed by atoms with Gasteiger partial charge in [0.1, 0.15) is 5.02 Å². The van der Waals surface area contributed by atoms with Gasteiger partial charge in [-0.05, 0) is 31.8 Å². The number of rotatable bonds is 6. The van der Waals surface area contributed by atoms with E-state index in [1.165, 1.54) is 6.08 Å².